The Kier molecular flexibility index (Phi) is 5.06. The van der Waals surface area contributed by atoms with Crippen molar-refractivity contribution in [1.29, 1.82) is 5.26 Å². The lowest BCUT2D eigenvalue weighted by molar-refractivity contribution is 0.0893. The minimum absolute atomic E-state index is 0.00170. The van der Waals surface area contributed by atoms with Crippen molar-refractivity contribution < 1.29 is 9.53 Å². The maximum absolute atomic E-state index is 12.2. The Labute approximate surface area is 144 Å². The Morgan fingerprint density at radius 3 is 2.75 bits per heavy atom. The highest BCUT2D eigenvalue weighted by atomic mass is 32.1. The summed E-state index contributed by atoms with van der Waals surface area (Å²) in [4.78, 5) is 21.0. The minimum Gasteiger partial charge on any atom is -0.472 e. The van der Waals surface area contributed by atoms with Crippen LogP contribution in [0.5, 0.6) is 5.88 Å². The molecule has 1 aliphatic rings. The molecule has 3 rings (SSSR count). The molecule has 124 valence electrons. The summed E-state index contributed by atoms with van der Waals surface area (Å²) in [7, 11) is 0. The maximum atomic E-state index is 12.2. The molecule has 1 amide bonds. The van der Waals surface area contributed by atoms with E-state index in [0.717, 1.165) is 36.1 Å². The highest BCUT2D eigenvalue weighted by Crippen LogP contribution is 2.24. The predicted octanol–water partition coefficient (Wildman–Crippen LogP) is 2.84. The Hall–Kier alpha value is -2.46. The van der Waals surface area contributed by atoms with Crippen LogP contribution in [-0.2, 0) is 0 Å². The second kappa shape index (κ2) is 7.41. The molecule has 0 saturated heterocycles. The molecule has 7 heteroatoms. The van der Waals surface area contributed by atoms with Crippen molar-refractivity contribution in [2.24, 2.45) is 0 Å². The smallest absolute Gasteiger partial charge is 0.261 e. The molecule has 0 atom stereocenters. The third-order valence-corrected chi connectivity index (χ3v) is 5.06. The van der Waals surface area contributed by atoms with E-state index in [1.54, 1.807) is 0 Å². The van der Waals surface area contributed by atoms with Crippen LogP contribution in [0, 0.1) is 18.3 Å². The molecule has 1 saturated carbocycles. The van der Waals surface area contributed by atoms with Gasteiger partial charge in [-0.05, 0) is 49.6 Å². The first-order valence-corrected chi connectivity index (χ1v) is 8.77. The molecule has 2 aromatic heterocycles. The first-order valence-electron chi connectivity index (χ1n) is 7.89. The number of hydrogen-bond acceptors (Lipinski definition) is 6. The van der Waals surface area contributed by atoms with E-state index < -0.39 is 0 Å². The van der Waals surface area contributed by atoms with Crippen LogP contribution >= 0.6 is 11.3 Å². The predicted molar refractivity (Wildman–Crippen MR) is 89.9 cm³/mol. The van der Waals surface area contributed by atoms with E-state index in [-0.39, 0.29) is 23.7 Å². The summed E-state index contributed by atoms with van der Waals surface area (Å²) >= 11 is 1.47. The van der Waals surface area contributed by atoms with Gasteiger partial charge < -0.3 is 10.1 Å². The molecule has 0 radical (unpaired) electrons. The fraction of sp³-hybridized carbons (Fsp3) is 0.412. The highest BCUT2D eigenvalue weighted by Gasteiger charge is 2.25. The molecule has 0 aromatic carbocycles. The van der Waals surface area contributed by atoms with Crippen molar-refractivity contribution >= 4 is 17.2 Å². The number of hydrogen-bond donors (Lipinski definition) is 1. The Morgan fingerprint density at radius 2 is 2.08 bits per heavy atom. The summed E-state index contributed by atoms with van der Waals surface area (Å²) in [6.45, 7) is 1.98. The number of rotatable bonds is 4. The number of aromatic nitrogens is 2. The molecular formula is C17H18N4O2S. The zero-order chi connectivity index (χ0) is 16.9. The number of carbonyl (C=O) groups excluding carboxylic acids is 1. The lowest BCUT2D eigenvalue weighted by Gasteiger charge is -2.29. The van der Waals surface area contributed by atoms with Crippen LogP contribution in [-0.4, -0.2) is 28.0 Å². The maximum Gasteiger partial charge on any atom is 0.261 e. The Balaban J connectivity index is 1.51. The van der Waals surface area contributed by atoms with E-state index in [4.69, 9.17) is 10.00 Å². The van der Waals surface area contributed by atoms with E-state index in [1.807, 2.05) is 24.4 Å². The van der Waals surface area contributed by atoms with Gasteiger partial charge in [0, 0.05) is 18.4 Å². The second-order valence-corrected chi connectivity index (χ2v) is 6.79. The molecule has 1 N–H and O–H groups in total. The van der Waals surface area contributed by atoms with Crippen molar-refractivity contribution in [3.63, 3.8) is 0 Å². The molecule has 2 aromatic rings. The van der Waals surface area contributed by atoms with Crippen molar-refractivity contribution in [3.05, 3.63) is 40.0 Å². The SMILES string of the molecule is Cc1csc(C(=O)NC2CCC(Oc3nccnc3C#N)CC2)c1. The summed E-state index contributed by atoms with van der Waals surface area (Å²) in [5, 5.41) is 14.1. The van der Waals surface area contributed by atoms with Gasteiger partial charge >= 0.3 is 0 Å². The number of carbonyl (C=O) groups is 1. The van der Waals surface area contributed by atoms with E-state index in [0.29, 0.717) is 5.88 Å². The van der Waals surface area contributed by atoms with Crippen molar-refractivity contribution in [2.45, 2.75) is 44.8 Å². The van der Waals surface area contributed by atoms with Gasteiger partial charge in [-0.25, -0.2) is 9.97 Å². The normalized spacial score (nSPS) is 20.2. The summed E-state index contributed by atoms with van der Waals surface area (Å²) in [5.74, 6) is 0.291. The summed E-state index contributed by atoms with van der Waals surface area (Å²) in [6.07, 6.45) is 6.33. The van der Waals surface area contributed by atoms with Crippen LogP contribution < -0.4 is 10.1 Å². The third-order valence-electron chi connectivity index (χ3n) is 4.01. The number of nitrogens with one attached hydrogen (secondary N) is 1. The van der Waals surface area contributed by atoms with Crippen LogP contribution in [0.15, 0.2) is 23.8 Å². The van der Waals surface area contributed by atoms with Gasteiger partial charge in [0.2, 0.25) is 5.69 Å². The van der Waals surface area contributed by atoms with E-state index >= 15 is 0 Å². The number of aryl methyl sites for hydroxylation is 1. The fourth-order valence-electron chi connectivity index (χ4n) is 2.78. The number of nitrogens with zero attached hydrogens (tertiary/aromatic N) is 3. The number of ether oxygens (including phenoxy) is 1. The van der Waals surface area contributed by atoms with Gasteiger partial charge in [0.15, 0.2) is 0 Å². The standard InChI is InChI=1S/C17H18N4O2S/c1-11-8-15(24-10-11)16(22)21-12-2-4-13(5-3-12)23-17-14(9-18)19-6-7-20-17/h6-8,10,12-13H,2-5H2,1H3,(H,21,22). The molecule has 6 nitrogen and oxygen atoms in total. The van der Waals surface area contributed by atoms with Crippen molar-refractivity contribution in [3.8, 4) is 11.9 Å². The largest absolute Gasteiger partial charge is 0.472 e. The summed E-state index contributed by atoms with van der Waals surface area (Å²) in [6, 6.07) is 4.06. The lowest BCUT2D eigenvalue weighted by atomic mass is 9.93. The molecule has 1 fully saturated rings. The highest BCUT2D eigenvalue weighted by molar-refractivity contribution is 7.12. The number of nitriles is 1. The van der Waals surface area contributed by atoms with Gasteiger partial charge in [-0.2, -0.15) is 5.26 Å². The lowest BCUT2D eigenvalue weighted by Crippen LogP contribution is -2.39. The molecule has 0 aliphatic heterocycles. The third kappa shape index (κ3) is 3.89. The van der Waals surface area contributed by atoms with Gasteiger partial charge in [-0.3, -0.25) is 4.79 Å². The molecular weight excluding hydrogens is 324 g/mol. The molecule has 0 unspecified atom stereocenters. The first kappa shape index (κ1) is 16.4. The molecule has 2 heterocycles. The molecule has 1 aliphatic carbocycles. The molecule has 24 heavy (non-hydrogen) atoms. The monoisotopic (exact) mass is 342 g/mol. The van der Waals surface area contributed by atoms with Crippen molar-refractivity contribution in [1.82, 2.24) is 15.3 Å². The van der Waals surface area contributed by atoms with Crippen LogP contribution in [0.2, 0.25) is 0 Å². The van der Waals surface area contributed by atoms with Crippen LogP contribution in [0.4, 0.5) is 0 Å². The average molecular weight is 342 g/mol. The zero-order valence-electron chi connectivity index (χ0n) is 13.4. The van der Waals surface area contributed by atoms with Gasteiger partial charge in [-0.15, -0.1) is 11.3 Å². The topological polar surface area (TPSA) is 87.9 Å². The summed E-state index contributed by atoms with van der Waals surface area (Å²) in [5.41, 5.74) is 1.32. The molecule has 0 spiro atoms. The van der Waals surface area contributed by atoms with Crippen LogP contribution in [0.3, 0.4) is 0 Å². The fourth-order valence-corrected chi connectivity index (χ4v) is 3.58. The van der Waals surface area contributed by atoms with E-state index in [9.17, 15) is 4.79 Å². The van der Waals surface area contributed by atoms with Crippen LogP contribution in [0.1, 0.15) is 46.6 Å². The Bertz CT molecular complexity index is 760. The minimum atomic E-state index is -0.00170. The quantitative estimate of drug-likeness (QED) is 0.923. The number of thiophene rings is 1. The first-order chi connectivity index (χ1) is 11.7. The summed E-state index contributed by atoms with van der Waals surface area (Å²) < 4.78 is 5.81. The average Bonchev–Trinajstić information content (AvgIpc) is 3.04. The number of amides is 1. The Morgan fingerprint density at radius 1 is 1.33 bits per heavy atom. The van der Waals surface area contributed by atoms with E-state index in [2.05, 4.69) is 15.3 Å². The van der Waals surface area contributed by atoms with Crippen LogP contribution in [0.25, 0.3) is 0 Å². The van der Waals surface area contributed by atoms with E-state index in [1.165, 1.54) is 23.7 Å². The van der Waals surface area contributed by atoms with Gasteiger partial charge in [0.25, 0.3) is 11.8 Å². The van der Waals surface area contributed by atoms with Crippen molar-refractivity contribution in [2.75, 3.05) is 0 Å². The second-order valence-electron chi connectivity index (χ2n) is 5.88. The molecule has 0 bridgehead atoms. The zero-order valence-corrected chi connectivity index (χ0v) is 14.2. The van der Waals surface area contributed by atoms with Gasteiger partial charge in [0.05, 0.1) is 4.88 Å². The van der Waals surface area contributed by atoms with Gasteiger partial charge in [-0.1, -0.05) is 0 Å². The van der Waals surface area contributed by atoms with Gasteiger partial charge in [0.1, 0.15) is 12.2 Å².